The lowest BCUT2D eigenvalue weighted by atomic mass is 10.1. The van der Waals surface area contributed by atoms with Crippen molar-refractivity contribution in [3.05, 3.63) is 29.8 Å². The van der Waals surface area contributed by atoms with Gasteiger partial charge in [0.15, 0.2) is 0 Å². The highest BCUT2D eigenvalue weighted by molar-refractivity contribution is 7.92. The van der Waals surface area contributed by atoms with Gasteiger partial charge in [-0.3, -0.25) is 13.9 Å². The summed E-state index contributed by atoms with van der Waals surface area (Å²) in [6, 6.07) is 6.37. The molecule has 0 saturated carbocycles. The Morgan fingerprint density at radius 3 is 2.10 bits per heavy atom. The Hall–Kier alpha value is -2.17. The number of nitrogens with zero attached hydrogens (tertiary/aromatic N) is 4. The van der Waals surface area contributed by atoms with E-state index in [1.54, 1.807) is 34.1 Å². The fourth-order valence-electron chi connectivity index (χ4n) is 3.66. The van der Waals surface area contributed by atoms with Crippen molar-refractivity contribution in [2.24, 2.45) is 0 Å². The number of carbonyl (C=O) groups is 2. The maximum atomic E-state index is 12.7. The molecule has 0 unspecified atom stereocenters. The minimum absolute atomic E-state index is 0.111. The van der Waals surface area contributed by atoms with Crippen molar-refractivity contribution in [2.75, 3.05) is 76.1 Å². The van der Waals surface area contributed by atoms with Gasteiger partial charge in [-0.2, -0.15) is 0 Å². The van der Waals surface area contributed by atoms with Crippen LogP contribution >= 0.6 is 0 Å². The Balaban J connectivity index is 1.69. The molecular weight excluding hydrogens is 408 g/mol. The molecule has 30 heavy (non-hydrogen) atoms. The fraction of sp³-hybridized carbons (Fsp3) is 0.600. The number of amides is 2. The van der Waals surface area contributed by atoms with Crippen LogP contribution in [0.15, 0.2) is 24.3 Å². The summed E-state index contributed by atoms with van der Waals surface area (Å²) in [5.41, 5.74) is 0.854. The number of carbonyl (C=O) groups excluding carboxylic acids is 2. The fourth-order valence-corrected chi connectivity index (χ4v) is 4.51. The minimum atomic E-state index is -3.66. The Morgan fingerprint density at radius 1 is 0.967 bits per heavy atom. The monoisotopic (exact) mass is 438 g/mol. The summed E-state index contributed by atoms with van der Waals surface area (Å²) < 4.78 is 31.1. The molecule has 2 saturated heterocycles. The van der Waals surface area contributed by atoms with Crippen LogP contribution in [0, 0.1) is 0 Å². The van der Waals surface area contributed by atoms with Gasteiger partial charge in [0.2, 0.25) is 15.9 Å². The average Bonchev–Trinajstić information content (AvgIpc) is 2.77. The molecule has 9 nitrogen and oxygen atoms in total. The summed E-state index contributed by atoms with van der Waals surface area (Å²) in [7, 11) is -3.66. The number of hydrogen-bond acceptors (Lipinski definition) is 6. The lowest BCUT2D eigenvalue weighted by Crippen LogP contribution is -2.51. The number of likely N-dealkylation sites (N-methyl/N-ethyl adjacent to an activating group) is 1. The average molecular weight is 439 g/mol. The van der Waals surface area contributed by atoms with Crippen LogP contribution < -0.4 is 4.31 Å². The van der Waals surface area contributed by atoms with E-state index >= 15 is 0 Å². The van der Waals surface area contributed by atoms with E-state index in [0.717, 1.165) is 30.2 Å². The quantitative estimate of drug-likeness (QED) is 0.625. The molecular formula is C20H30N4O5S. The number of piperazine rings is 1. The third-order valence-electron chi connectivity index (χ3n) is 5.55. The molecule has 2 aliphatic heterocycles. The normalized spacial score (nSPS) is 18.3. The zero-order valence-electron chi connectivity index (χ0n) is 17.6. The molecule has 0 atom stereocenters. The number of morpholine rings is 1. The molecule has 2 heterocycles. The molecule has 0 radical (unpaired) electrons. The van der Waals surface area contributed by atoms with Crippen molar-refractivity contribution in [1.29, 1.82) is 0 Å². The smallest absolute Gasteiger partial charge is 0.254 e. The first kappa shape index (κ1) is 22.5. The molecule has 1 aromatic rings. The van der Waals surface area contributed by atoms with Crippen LogP contribution in [0.1, 0.15) is 17.3 Å². The highest BCUT2D eigenvalue weighted by atomic mass is 32.2. The molecule has 0 aromatic heterocycles. The van der Waals surface area contributed by atoms with E-state index in [9.17, 15) is 18.0 Å². The van der Waals surface area contributed by atoms with E-state index in [-0.39, 0.29) is 18.4 Å². The molecule has 2 aliphatic rings. The topological polar surface area (TPSA) is 90.5 Å². The highest BCUT2D eigenvalue weighted by Gasteiger charge is 2.27. The molecule has 166 valence electrons. The van der Waals surface area contributed by atoms with Gasteiger partial charge in [0, 0.05) is 44.8 Å². The molecule has 0 bridgehead atoms. The lowest BCUT2D eigenvalue weighted by molar-refractivity contribution is -0.131. The molecule has 2 fully saturated rings. The molecule has 3 rings (SSSR count). The number of rotatable bonds is 6. The van der Waals surface area contributed by atoms with Gasteiger partial charge in [0.05, 0.1) is 25.2 Å². The van der Waals surface area contributed by atoms with Crippen LogP contribution in [0.4, 0.5) is 5.69 Å². The van der Waals surface area contributed by atoms with Crippen molar-refractivity contribution in [2.45, 2.75) is 6.92 Å². The van der Waals surface area contributed by atoms with Crippen LogP contribution in [0.2, 0.25) is 0 Å². The van der Waals surface area contributed by atoms with Gasteiger partial charge in [-0.1, -0.05) is 6.92 Å². The predicted octanol–water partition coefficient (Wildman–Crippen LogP) is 0.0891. The first-order valence-corrected chi connectivity index (χ1v) is 12.1. The van der Waals surface area contributed by atoms with E-state index < -0.39 is 10.0 Å². The maximum Gasteiger partial charge on any atom is 0.254 e. The maximum absolute atomic E-state index is 12.7. The number of hydrogen-bond donors (Lipinski definition) is 0. The highest BCUT2D eigenvalue weighted by Crippen LogP contribution is 2.20. The zero-order valence-corrected chi connectivity index (χ0v) is 18.4. The summed E-state index contributed by atoms with van der Waals surface area (Å²) in [5, 5.41) is 0. The first-order valence-electron chi connectivity index (χ1n) is 10.2. The second kappa shape index (κ2) is 9.76. The van der Waals surface area contributed by atoms with Crippen LogP contribution in [-0.2, 0) is 19.6 Å². The molecule has 0 spiro atoms. The van der Waals surface area contributed by atoms with Crippen molar-refractivity contribution >= 4 is 27.5 Å². The van der Waals surface area contributed by atoms with E-state index in [2.05, 4.69) is 11.8 Å². The number of benzene rings is 1. The Morgan fingerprint density at radius 2 is 1.57 bits per heavy atom. The van der Waals surface area contributed by atoms with Crippen LogP contribution in [0.25, 0.3) is 0 Å². The predicted molar refractivity (Wildman–Crippen MR) is 114 cm³/mol. The number of sulfonamides is 1. The second-order valence-electron chi connectivity index (χ2n) is 7.54. The van der Waals surface area contributed by atoms with Crippen molar-refractivity contribution < 1.29 is 22.7 Å². The molecule has 2 amide bonds. The molecule has 0 N–H and O–H groups in total. The van der Waals surface area contributed by atoms with Gasteiger partial charge in [-0.05, 0) is 30.8 Å². The second-order valence-corrected chi connectivity index (χ2v) is 9.44. The van der Waals surface area contributed by atoms with Crippen molar-refractivity contribution in [3.63, 3.8) is 0 Å². The van der Waals surface area contributed by atoms with Gasteiger partial charge in [-0.25, -0.2) is 8.42 Å². The molecule has 10 heteroatoms. The van der Waals surface area contributed by atoms with Gasteiger partial charge in [-0.15, -0.1) is 0 Å². The summed E-state index contributed by atoms with van der Waals surface area (Å²) >= 11 is 0. The zero-order chi connectivity index (χ0) is 21.7. The van der Waals surface area contributed by atoms with Gasteiger partial charge in [0.1, 0.15) is 6.54 Å². The third-order valence-corrected chi connectivity index (χ3v) is 6.69. The van der Waals surface area contributed by atoms with Gasteiger partial charge in [0.25, 0.3) is 5.91 Å². The van der Waals surface area contributed by atoms with E-state index in [1.807, 2.05) is 0 Å². The van der Waals surface area contributed by atoms with E-state index in [0.29, 0.717) is 50.6 Å². The Labute approximate surface area is 178 Å². The Bertz CT molecular complexity index is 844. The Kier molecular flexibility index (Phi) is 7.32. The molecule has 0 aliphatic carbocycles. The summed E-state index contributed by atoms with van der Waals surface area (Å²) in [6.07, 6.45) is 1.09. The lowest BCUT2D eigenvalue weighted by Gasteiger charge is -2.35. The summed E-state index contributed by atoms with van der Waals surface area (Å²) in [6.45, 7) is 7.64. The summed E-state index contributed by atoms with van der Waals surface area (Å²) in [4.78, 5) is 31.0. The van der Waals surface area contributed by atoms with Gasteiger partial charge >= 0.3 is 0 Å². The first-order chi connectivity index (χ1) is 14.3. The van der Waals surface area contributed by atoms with Crippen LogP contribution in [0.3, 0.4) is 0 Å². The van der Waals surface area contributed by atoms with Gasteiger partial charge < -0.3 is 19.4 Å². The standard InChI is InChI=1S/C20H30N4O5S/c1-3-21-8-10-22(11-9-21)19(25)16-24(30(2,27)28)18-6-4-17(5-7-18)20(26)23-12-14-29-15-13-23/h4-7H,3,8-16H2,1-2H3. The van der Waals surface area contributed by atoms with Crippen molar-refractivity contribution in [1.82, 2.24) is 14.7 Å². The number of anilines is 1. The van der Waals surface area contributed by atoms with E-state index in [4.69, 9.17) is 4.74 Å². The third kappa shape index (κ3) is 5.50. The summed E-state index contributed by atoms with van der Waals surface area (Å²) in [5.74, 6) is -0.328. The SMILES string of the molecule is CCN1CCN(C(=O)CN(c2ccc(C(=O)N3CCOCC3)cc2)S(C)(=O)=O)CC1. The minimum Gasteiger partial charge on any atom is -0.378 e. The van der Waals surface area contributed by atoms with Crippen LogP contribution in [0.5, 0.6) is 0 Å². The van der Waals surface area contributed by atoms with Crippen molar-refractivity contribution in [3.8, 4) is 0 Å². The molecule has 1 aromatic carbocycles. The van der Waals surface area contributed by atoms with Crippen LogP contribution in [-0.4, -0.2) is 107 Å². The van der Waals surface area contributed by atoms with E-state index in [1.165, 1.54) is 0 Å². The largest absolute Gasteiger partial charge is 0.378 e. The number of ether oxygens (including phenoxy) is 1.